The Bertz CT molecular complexity index is 1610. The molecule has 1 amide bonds. The van der Waals surface area contributed by atoms with Crippen LogP contribution in [0.4, 0.5) is 0 Å². The van der Waals surface area contributed by atoms with Crippen molar-refractivity contribution >= 4 is 27.7 Å². The molecule has 3 aromatic carbocycles. The monoisotopic (exact) mass is 422 g/mol. The summed E-state index contributed by atoms with van der Waals surface area (Å²) in [6.45, 7) is 6.00. The third-order valence-corrected chi connectivity index (χ3v) is 6.24. The number of aryl methyl sites for hydroxylation is 2. The van der Waals surface area contributed by atoms with Crippen LogP contribution >= 0.6 is 0 Å². The van der Waals surface area contributed by atoms with Gasteiger partial charge in [0.05, 0.1) is 27.7 Å². The number of primary amides is 1. The van der Waals surface area contributed by atoms with Crippen LogP contribution in [0.1, 0.15) is 27.2 Å². The minimum atomic E-state index is -0.470. The van der Waals surface area contributed by atoms with Crippen LogP contribution < -0.4 is 11.3 Å². The number of amides is 1. The fourth-order valence-corrected chi connectivity index (χ4v) is 4.44. The first-order valence-electron chi connectivity index (χ1n) is 10.4. The summed E-state index contributed by atoms with van der Waals surface area (Å²) >= 11 is 0. The number of para-hydroxylation sites is 1. The summed E-state index contributed by atoms with van der Waals surface area (Å²) in [4.78, 5) is 33.0. The summed E-state index contributed by atoms with van der Waals surface area (Å²) < 4.78 is 1.59. The Kier molecular flexibility index (Phi) is 4.44. The standard InChI is InChI=1S/C26H22N4O2/c1-14-16(3)29-24-20(25(27)31)12-11-18(23(14)24)17-8-6-10-22(15(17)2)30-13-28-21-9-5-4-7-19(21)26(30)32/h4-13,29H,1-3H3,(H2,27,31). The highest BCUT2D eigenvalue weighted by Gasteiger charge is 2.19. The molecule has 5 aromatic rings. The SMILES string of the molecule is Cc1[nH]c2c(C(N)=O)ccc(-c3cccc(-n4cnc5ccccc5c4=O)c3C)c2c1C. The Labute approximate surface area is 184 Å². The molecule has 2 heterocycles. The van der Waals surface area contributed by atoms with Gasteiger partial charge >= 0.3 is 0 Å². The lowest BCUT2D eigenvalue weighted by molar-refractivity contribution is 0.100. The molecule has 32 heavy (non-hydrogen) atoms. The van der Waals surface area contributed by atoms with E-state index in [1.54, 1.807) is 23.0 Å². The third-order valence-electron chi connectivity index (χ3n) is 6.24. The molecule has 2 aromatic heterocycles. The molecular weight excluding hydrogens is 400 g/mol. The molecule has 0 aliphatic rings. The van der Waals surface area contributed by atoms with Crippen molar-refractivity contribution in [3.05, 3.63) is 93.7 Å². The van der Waals surface area contributed by atoms with Gasteiger partial charge in [-0.05, 0) is 67.3 Å². The molecule has 6 nitrogen and oxygen atoms in total. The number of H-pyrrole nitrogens is 1. The van der Waals surface area contributed by atoms with Crippen LogP contribution in [0.2, 0.25) is 0 Å². The van der Waals surface area contributed by atoms with Crippen molar-refractivity contribution in [2.24, 2.45) is 5.73 Å². The first kappa shape index (κ1) is 19.8. The first-order chi connectivity index (χ1) is 15.4. The zero-order valence-corrected chi connectivity index (χ0v) is 18.1. The molecule has 0 saturated heterocycles. The highest BCUT2D eigenvalue weighted by molar-refractivity contribution is 6.11. The lowest BCUT2D eigenvalue weighted by atomic mass is 9.93. The van der Waals surface area contributed by atoms with Crippen molar-refractivity contribution in [2.75, 3.05) is 0 Å². The van der Waals surface area contributed by atoms with Gasteiger partial charge in [0.1, 0.15) is 6.33 Å². The number of carbonyl (C=O) groups excluding carboxylic acids is 1. The number of carbonyl (C=O) groups is 1. The van der Waals surface area contributed by atoms with Crippen LogP contribution in [0.3, 0.4) is 0 Å². The normalized spacial score (nSPS) is 11.3. The lowest BCUT2D eigenvalue weighted by Gasteiger charge is -2.15. The van der Waals surface area contributed by atoms with E-state index in [0.717, 1.165) is 44.5 Å². The van der Waals surface area contributed by atoms with E-state index < -0.39 is 5.91 Å². The van der Waals surface area contributed by atoms with Gasteiger partial charge in [0.15, 0.2) is 0 Å². The second kappa shape index (κ2) is 7.20. The van der Waals surface area contributed by atoms with Gasteiger partial charge in [-0.1, -0.05) is 30.3 Å². The number of fused-ring (bicyclic) bond motifs is 2. The molecule has 6 heteroatoms. The molecule has 0 aliphatic heterocycles. The number of aromatic nitrogens is 3. The van der Waals surface area contributed by atoms with Crippen LogP contribution in [-0.4, -0.2) is 20.4 Å². The zero-order chi connectivity index (χ0) is 22.6. The quantitative estimate of drug-likeness (QED) is 0.446. The second-order valence-corrected chi connectivity index (χ2v) is 8.04. The number of aromatic amines is 1. The molecule has 0 atom stereocenters. The van der Waals surface area contributed by atoms with Crippen molar-refractivity contribution in [1.82, 2.24) is 14.5 Å². The summed E-state index contributed by atoms with van der Waals surface area (Å²) in [5.74, 6) is -0.470. The average molecular weight is 422 g/mol. The predicted molar refractivity (Wildman–Crippen MR) is 127 cm³/mol. The number of benzene rings is 3. The molecule has 0 fully saturated rings. The summed E-state index contributed by atoms with van der Waals surface area (Å²) in [7, 11) is 0. The number of nitrogens with two attached hydrogens (primary N) is 1. The highest BCUT2D eigenvalue weighted by atomic mass is 16.1. The maximum atomic E-state index is 13.2. The second-order valence-electron chi connectivity index (χ2n) is 8.04. The Morgan fingerprint density at radius 1 is 0.938 bits per heavy atom. The minimum absolute atomic E-state index is 0.112. The largest absolute Gasteiger partial charge is 0.366 e. The van der Waals surface area contributed by atoms with Gasteiger partial charge in [-0.2, -0.15) is 0 Å². The van der Waals surface area contributed by atoms with E-state index in [9.17, 15) is 9.59 Å². The molecule has 5 rings (SSSR count). The van der Waals surface area contributed by atoms with E-state index in [4.69, 9.17) is 5.73 Å². The van der Waals surface area contributed by atoms with E-state index in [2.05, 4.69) is 9.97 Å². The van der Waals surface area contributed by atoms with Gasteiger partial charge in [-0.3, -0.25) is 14.2 Å². The Hall–Kier alpha value is -4.19. The van der Waals surface area contributed by atoms with Crippen molar-refractivity contribution < 1.29 is 4.79 Å². The summed E-state index contributed by atoms with van der Waals surface area (Å²) in [6, 6.07) is 16.9. The topological polar surface area (TPSA) is 93.8 Å². The van der Waals surface area contributed by atoms with Crippen molar-refractivity contribution in [3.63, 3.8) is 0 Å². The molecule has 0 saturated carbocycles. The van der Waals surface area contributed by atoms with Gasteiger partial charge in [-0.25, -0.2) is 4.98 Å². The van der Waals surface area contributed by atoms with Crippen LogP contribution in [-0.2, 0) is 0 Å². The number of nitrogens with one attached hydrogen (secondary N) is 1. The van der Waals surface area contributed by atoms with E-state index in [-0.39, 0.29) is 5.56 Å². The van der Waals surface area contributed by atoms with Gasteiger partial charge < -0.3 is 10.7 Å². The first-order valence-corrected chi connectivity index (χ1v) is 10.4. The van der Waals surface area contributed by atoms with Crippen LogP contribution in [0.15, 0.2) is 65.7 Å². The van der Waals surface area contributed by atoms with Gasteiger partial charge in [0.25, 0.3) is 11.5 Å². The predicted octanol–water partition coefficient (Wildman–Crippen LogP) is 4.56. The Morgan fingerprint density at radius 2 is 1.72 bits per heavy atom. The number of nitrogens with zero attached hydrogens (tertiary/aromatic N) is 2. The maximum Gasteiger partial charge on any atom is 0.265 e. The molecule has 3 N–H and O–H groups in total. The molecule has 0 bridgehead atoms. The van der Waals surface area contributed by atoms with Crippen LogP contribution in [0, 0.1) is 20.8 Å². The zero-order valence-electron chi connectivity index (χ0n) is 18.1. The van der Waals surface area contributed by atoms with E-state index >= 15 is 0 Å². The lowest BCUT2D eigenvalue weighted by Crippen LogP contribution is -2.19. The Morgan fingerprint density at radius 3 is 2.50 bits per heavy atom. The molecular formula is C26H22N4O2. The van der Waals surface area contributed by atoms with E-state index in [1.165, 1.54) is 0 Å². The molecule has 0 unspecified atom stereocenters. The fourth-order valence-electron chi connectivity index (χ4n) is 4.44. The Balaban J connectivity index is 1.79. The van der Waals surface area contributed by atoms with E-state index in [1.807, 2.05) is 63.2 Å². The maximum absolute atomic E-state index is 13.2. The van der Waals surface area contributed by atoms with Crippen LogP contribution in [0.25, 0.3) is 38.6 Å². The van der Waals surface area contributed by atoms with Gasteiger partial charge in [-0.15, -0.1) is 0 Å². The summed E-state index contributed by atoms with van der Waals surface area (Å²) in [6.07, 6.45) is 1.58. The van der Waals surface area contributed by atoms with Crippen LogP contribution in [0.5, 0.6) is 0 Å². The van der Waals surface area contributed by atoms with Gasteiger partial charge in [0, 0.05) is 11.1 Å². The molecule has 158 valence electrons. The van der Waals surface area contributed by atoms with Crippen molar-refractivity contribution in [1.29, 1.82) is 0 Å². The molecule has 0 spiro atoms. The number of hydrogen-bond acceptors (Lipinski definition) is 3. The molecule has 0 aliphatic carbocycles. The summed E-state index contributed by atoms with van der Waals surface area (Å²) in [5, 5.41) is 1.54. The summed E-state index contributed by atoms with van der Waals surface area (Å²) in [5.41, 5.74) is 13.1. The smallest absolute Gasteiger partial charge is 0.265 e. The van der Waals surface area contributed by atoms with Crippen molar-refractivity contribution in [3.8, 4) is 16.8 Å². The molecule has 0 radical (unpaired) electrons. The van der Waals surface area contributed by atoms with E-state index in [0.29, 0.717) is 16.5 Å². The average Bonchev–Trinajstić information content (AvgIpc) is 3.08. The number of rotatable bonds is 3. The van der Waals surface area contributed by atoms with Crippen molar-refractivity contribution in [2.45, 2.75) is 20.8 Å². The minimum Gasteiger partial charge on any atom is -0.366 e. The van der Waals surface area contributed by atoms with Gasteiger partial charge in [0.2, 0.25) is 0 Å². The third kappa shape index (κ3) is 2.84. The highest BCUT2D eigenvalue weighted by Crippen LogP contribution is 2.37. The number of hydrogen-bond donors (Lipinski definition) is 2. The fraction of sp³-hybridized carbons (Fsp3) is 0.115.